The van der Waals surface area contributed by atoms with Crippen LogP contribution in [0.2, 0.25) is 0 Å². The van der Waals surface area contributed by atoms with E-state index in [1.54, 1.807) is 0 Å². The number of aldehydes is 1. The first kappa shape index (κ1) is 6.58. The second-order valence-electron chi connectivity index (χ2n) is 0.641. The molecule has 0 atom stereocenters. The minimum atomic E-state index is 0.889. The minimum absolute atomic E-state index is 0.889. The average Bonchev–Trinajstić information content (AvgIpc) is 1.65. The molecule has 34 valence electrons. The predicted molar refractivity (Wildman–Crippen MR) is 24.6 cm³/mol. The van der Waals surface area contributed by atoms with Crippen molar-refractivity contribution >= 4 is 21.3 Å². The Bertz CT molecular complexity index is 71.2. The van der Waals surface area contributed by atoms with Gasteiger partial charge in [-0.1, -0.05) is 0 Å². The fourth-order valence-electron chi connectivity index (χ4n) is 0.0481. The summed E-state index contributed by atoms with van der Waals surface area (Å²) in [5.41, 5.74) is 0. The molecule has 0 amide bonds. The third-order valence-electron chi connectivity index (χ3n) is 0.297. The number of hydrogen-bond donors (Lipinski definition) is 0. The van der Waals surface area contributed by atoms with Crippen molar-refractivity contribution in [2.45, 2.75) is 0 Å². The second kappa shape index (κ2) is 3.76. The summed E-state index contributed by atoms with van der Waals surface area (Å²) < 4.78 is 0.912. The Hall–Kier alpha value is 0.578. The summed E-state index contributed by atoms with van der Waals surface area (Å²) in [6.45, 7) is 0. The molecule has 0 spiro atoms. The third-order valence-corrected chi connectivity index (χ3v) is 2.94. The Balaban J connectivity index is 3.23. The first-order chi connectivity index (χ1) is 2.81. The third kappa shape index (κ3) is 2.80. The van der Waals surface area contributed by atoms with Crippen LogP contribution >= 0.6 is 11.8 Å². The van der Waals surface area contributed by atoms with Crippen molar-refractivity contribution < 1.29 is 24.1 Å². The number of carbonyl (C=O) groups excluding carboxylic acids is 1. The van der Waals surface area contributed by atoms with E-state index in [0.29, 0.717) is 0 Å². The van der Waals surface area contributed by atoms with Crippen LogP contribution in [0.5, 0.6) is 0 Å². The van der Waals surface area contributed by atoms with Gasteiger partial charge in [0.1, 0.15) is 0 Å². The zero-order valence-corrected chi connectivity index (χ0v) is 7.05. The molecule has 3 heteroatoms. The normalized spacial score (nSPS) is 7.50. The molecule has 1 nitrogen and oxygen atoms in total. The summed E-state index contributed by atoms with van der Waals surface area (Å²) >= 11 is 2.77. The van der Waals surface area contributed by atoms with Gasteiger partial charge in [-0.05, 0) is 0 Å². The van der Waals surface area contributed by atoms with E-state index in [1.165, 1.54) is 31.1 Å². The quantitative estimate of drug-likeness (QED) is 0.669. The number of rotatable bonds is 2. The van der Waals surface area contributed by atoms with Crippen LogP contribution in [-0.2, 0) is 24.1 Å². The number of thioether (sulfide) groups is 1. The van der Waals surface area contributed by atoms with Crippen LogP contribution in [0.1, 0.15) is 0 Å². The van der Waals surface area contributed by atoms with Gasteiger partial charge in [0.25, 0.3) is 0 Å². The molecule has 0 aromatic rings. The van der Waals surface area contributed by atoms with E-state index < -0.39 is 0 Å². The molecule has 0 aliphatic heterocycles. The van der Waals surface area contributed by atoms with E-state index in [-0.39, 0.29) is 0 Å². The molecule has 0 saturated carbocycles. The van der Waals surface area contributed by atoms with Gasteiger partial charge in [0.2, 0.25) is 0 Å². The molecule has 6 heavy (non-hydrogen) atoms. The van der Waals surface area contributed by atoms with Crippen LogP contribution in [-0.4, -0.2) is 15.8 Å². The van der Waals surface area contributed by atoms with Crippen molar-refractivity contribution in [3.63, 3.8) is 0 Å². The summed E-state index contributed by atoms with van der Waals surface area (Å²) in [4.78, 5) is 9.70. The number of hydrogen-bond acceptors (Lipinski definition) is 2. The van der Waals surface area contributed by atoms with E-state index in [0.717, 1.165) is 9.52 Å². The van der Waals surface area contributed by atoms with Crippen LogP contribution in [0.15, 0.2) is 0 Å². The standard InChI is InChI=1S/C3H4OS.W/c1-5-3-2-4;/h2H,1H3;. The van der Waals surface area contributed by atoms with Crippen LogP contribution in [0.25, 0.3) is 0 Å². The Labute approximate surface area is 51.9 Å². The summed E-state index contributed by atoms with van der Waals surface area (Å²) in [5.74, 6) is 0. The summed E-state index contributed by atoms with van der Waals surface area (Å²) in [5, 5.41) is 0. The molecule has 0 aromatic heterocycles. The molecule has 0 aliphatic rings. The predicted octanol–water partition coefficient (Wildman–Crippen LogP) is 0.225. The summed E-state index contributed by atoms with van der Waals surface area (Å²) in [6, 6.07) is 0. The Kier molecular flexibility index (Phi) is 4.12. The van der Waals surface area contributed by atoms with E-state index in [2.05, 4.69) is 0 Å². The molecule has 0 rings (SSSR count). The molecule has 0 aromatic carbocycles. The molecule has 0 unspecified atom stereocenters. The van der Waals surface area contributed by atoms with Gasteiger partial charge in [-0.3, -0.25) is 0 Å². The summed E-state index contributed by atoms with van der Waals surface area (Å²) in [7, 11) is 0. The first-order valence-corrected chi connectivity index (χ1v) is 4.03. The molecular weight excluding hydrogens is 268 g/mol. The average molecular weight is 272 g/mol. The van der Waals surface area contributed by atoms with E-state index in [1.807, 2.05) is 6.26 Å². The van der Waals surface area contributed by atoms with Crippen LogP contribution < -0.4 is 0 Å². The van der Waals surface area contributed by atoms with Gasteiger partial charge in [0.05, 0.1) is 0 Å². The van der Waals surface area contributed by atoms with E-state index in [9.17, 15) is 4.79 Å². The Morgan fingerprint density at radius 1 is 2.00 bits per heavy atom. The van der Waals surface area contributed by atoms with Gasteiger partial charge in [-0.2, -0.15) is 0 Å². The van der Waals surface area contributed by atoms with Crippen molar-refractivity contribution in [2.24, 2.45) is 0 Å². The summed E-state index contributed by atoms with van der Waals surface area (Å²) in [6.07, 6.45) is 2.79. The van der Waals surface area contributed by atoms with E-state index in [4.69, 9.17) is 0 Å². The molecule has 0 radical (unpaired) electrons. The van der Waals surface area contributed by atoms with Gasteiger partial charge in [-0.25, -0.2) is 0 Å². The van der Waals surface area contributed by atoms with Crippen LogP contribution in [0.4, 0.5) is 0 Å². The zero-order chi connectivity index (χ0) is 4.99. The zero-order valence-electron chi connectivity index (χ0n) is 3.30. The van der Waals surface area contributed by atoms with Crippen molar-refractivity contribution in [2.75, 3.05) is 6.26 Å². The van der Waals surface area contributed by atoms with Crippen molar-refractivity contribution in [1.29, 1.82) is 0 Å². The Morgan fingerprint density at radius 3 is 2.50 bits per heavy atom. The first-order valence-electron chi connectivity index (χ1n) is 1.34. The maximum atomic E-state index is 9.70. The van der Waals surface area contributed by atoms with E-state index >= 15 is 0 Å². The SMILES string of the molecule is CS[C](=[W])C=O. The van der Waals surface area contributed by atoms with Gasteiger partial charge >= 0.3 is 51.7 Å². The molecule has 0 fully saturated rings. The maximum absolute atomic E-state index is 9.70. The molecule has 0 bridgehead atoms. The topological polar surface area (TPSA) is 17.1 Å². The van der Waals surface area contributed by atoms with Crippen LogP contribution in [0, 0.1) is 0 Å². The van der Waals surface area contributed by atoms with Crippen molar-refractivity contribution in [3.05, 3.63) is 0 Å². The van der Waals surface area contributed by atoms with Gasteiger partial charge in [0, 0.05) is 0 Å². The molecule has 0 saturated heterocycles. The van der Waals surface area contributed by atoms with Crippen molar-refractivity contribution in [1.82, 2.24) is 0 Å². The fraction of sp³-hybridized carbons (Fsp3) is 0.333. The Morgan fingerprint density at radius 2 is 2.50 bits per heavy atom. The number of carbonyl (C=O) groups is 1. The van der Waals surface area contributed by atoms with Crippen LogP contribution in [0.3, 0.4) is 0 Å². The molecule has 0 N–H and O–H groups in total. The molecule has 0 aliphatic carbocycles. The monoisotopic (exact) mass is 272 g/mol. The van der Waals surface area contributed by atoms with Gasteiger partial charge in [-0.15, -0.1) is 0 Å². The molecular formula is C3H4OSW. The molecule has 0 heterocycles. The second-order valence-corrected chi connectivity index (χ2v) is 4.09. The van der Waals surface area contributed by atoms with Gasteiger partial charge < -0.3 is 0 Å². The fourth-order valence-corrected chi connectivity index (χ4v) is 0.144. The van der Waals surface area contributed by atoms with Gasteiger partial charge in [0.15, 0.2) is 0 Å². The van der Waals surface area contributed by atoms with Crippen molar-refractivity contribution in [3.8, 4) is 0 Å².